The van der Waals surface area contributed by atoms with Crippen molar-refractivity contribution >= 4 is 17.3 Å². The van der Waals surface area contributed by atoms with Gasteiger partial charge in [-0.15, -0.1) is 0 Å². The molecule has 1 atom stereocenters. The van der Waals surface area contributed by atoms with Gasteiger partial charge >= 0.3 is 0 Å². The van der Waals surface area contributed by atoms with Crippen molar-refractivity contribution < 1.29 is 5.11 Å². The Labute approximate surface area is 94.3 Å². The number of rotatable bonds is 4. The average Bonchev–Trinajstić information content (AvgIpc) is 2.27. The Hall–Kier alpha value is -1.24. The minimum absolute atomic E-state index is 0.0204. The number of halogens is 1. The van der Waals surface area contributed by atoms with Crippen LogP contribution < -0.4 is 5.32 Å². The fraction of sp³-hybridized carbons (Fsp3) is 0.364. The van der Waals surface area contributed by atoms with Gasteiger partial charge in [0.05, 0.1) is 22.9 Å². The standard InChI is InChI=1S/C11H13ClN2O/c1-2-9(7-15)14-11-8(6-13)4-3-5-10(11)12/h3-5,9,14-15H,2,7H2,1H3/t9-/m0/s1. The molecule has 0 unspecified atom stereocenters. The van der Waals surface area contributed by atoms with Crippen LogP contribution in [0.4, 0.5) is 5.69 Å². The van der Waals surface area contributed by atoms with Crippen molar-refractivity contribution in [2.45, 2.75) is 19.4 Å². The smallest absolute Gasteiger partial charge is 0.101 e. The van der Waals surface area contributed by atoms with Gasteiger partial charge in [-0.2, -0.15) is 5.26 Å². The van der Waals surface area contributed by atoms with E-state index in [1.165, 1.54) is 0 Å². The summed E-state index contributed by atoms with van der Waals surface area (Å²) in [6.45, 7) is 1.98. The second-order valence-corrected chi connectivity index (χ2v) is 3.61. The van der Waals surface area contributed by atoms with Crippen LogP contribution in [-0.2, 0) is 0 Å². The maximum atomic E-state index is 9.05. The third-order valence-corrected chi connectivity index (χ3v) is 2.51. The zero-order valence-electron chi connectivity index (χ0n) is 8.50. The van der Waals surface area contributed by atoms with E-state index in [-0.39, 0.29) is 12.6 Å². The molecule has 0 fully saturated rings. The van der Waals surface area contributed by atoms with E-state index in [1.54, 1.807) is 18.2 Å². The average molecular weight is 225 g/mol. The van der Waals surface area contributed by atoms with E-state index >= 15 is 0 Å². The first-order valence-corrected chi connectivity index (χ1v) is 5.16. The molecule has 15 heavy (non-hydrogen) atoms. The van der Waals surface area contributed by atoms with Gasteiger partial charge in [-0.3, -0.25) is 0 Å². The Bertz CT molecular complexity index is 369. The molecule has 3 nitrogen and oxygen atoms in total. The minimum Gasteiger partial charge on any atom is -0.394 e. The fourth-order valence-corrected chi connectivity index (χ4v) is 1.47. The zero-order valence-corrected chi connectivity index (χ0v) is 9.25. The largest absolute Gasteiger partial charge is 0.394 e. The SMILES string of the molecule is CC[C@@H](CO)Nc1c(Cl)cccc1C#N. The summed E-state index contributed by atoms with van der Waals surface area (Å²) in [5, 5.41) is 21.5. The number of aliphatic hydroxyl groups is 1. The topological polar surface area (TPSA) is 56.0 Å². The molecule has 0 aliphatic heterocycles. The predicted molar refractivity (Wildman–Crippen MR) is 61.0 cm³/mol. The highest BCUT2D eigenvalue weighted by molar-refractivity contribution is 6.33. The molecular weight excluding hydrogens is 212 g/mol. The number of nitriles is 1. The summed E-state index contributed by atoms with van der Waals surface area (Å²) in [6.07, 6.45) is 0.770. The van der Waals surface area contributed by atoms with Gasteiger partial charge in [0, 0.05) is 6.04 Å². The van der Waals surface area contributed by atoms with Crippen LogP contribution in [0.3, 0.4) is 0 Å². The quantitative estimate of drug-likeness (QED) is 0.826. The molecule has 0 aliphatic carbocycles. The highest BCUT2D eigenvalue weighted by Gasteiger charge is 2.10. The molecule has 0 saturated heterocycles. The summed E-state index contributed by atoms with van der Waals surface area (Å²) in [7, 11) is 0. The number of nitrogens with one attached hydrogen (secondary N) is 1. The summed E-state index contributed by atoms with van der Waals surface area (Å²) in [6, 6.07) is 7.13. The van der Waals surface area contributed by atoms with Crippen LogP contribution in [0.1, 0.15) is 18.9 Å². The Kier molecular flexibility index (Phi) is 4.41. The van der Waals surface area contributed by atoms with Crippen LogP contribution in [0.25, 0.3) is 0 Å². The number of hydrogen-bond acceptors (Lipinski definition) is 3. The van der Waals surface area contributed by atoms with Crippen LogP contribution in [-0.4, -0.2) is 17.8 Å². The normalized spacial score (nSPS) is 11.9. The molecule has 0 aliphatic rings. The monoisotopic (exact) mass is 224 g/mol. The molecule has 0 bridgehead atoms. The van der Waals surface area contributed by atoms with Crippen LogP contribution in [0, 0.1) is 11.3 Å². The fourth-order valence-electron chi connectivity index (χ4n) is 1.24. The summed E-state index contributed by atoms with van der Waals surface area (Å²) in [5.41, 5.74) is 1.09. The van der Waals surface area contributed by atoms with Crippen LogP contribution in [0.5, 0.6) is 0 Å². The van der Waals surface area contributed by atoms with E-state index in [4.69, 9.17) is 22.0 Å². The molecule has 0 spiro atoms. The molecule has 1 rings (SSSR count). The lowest BCUT2D eigenvalue weighted by molar-refractivity contribution is 0.272. The maximum Gasteiger partial charge on any atom is 0.101 e. The number of aliphatic hydroxyl groups excluding tert-OH is 1. The lowest BCUT2D eigenvalue weighted by atomic mass is 10.1. The number of anilines is 1. The van der Waals surface area contributed by atoms with Crippen molar-refractivity contribution in [3.63, 3.8) is 0 Å². The molecule has 0 radical (unpaired) electrons. The Morgan fingerprint density at radius 2 is 2.33 bits per heavy atom. The summed E-state index contributed by atoms with van der Waals surface area (Å²) < 4.78 is 0. The van der Waals surface area contributed by atoms with Gasteiger partial charge in [0.15, 0.2) is 0 Å². The predicted octanol–water partition coefficient (Wildman–Crippen LogP) is 2.39. The summed E-state index contributed by atoms with van der Waals surface area (Å²) in [4.78, 5) is 0. The van der Waals surface area contributed by atoms with Crippen molar-refractivity contribution in [1.29, 1.82) is 5.26 Å². The Morgan fingerprint density at radius 1 is 1.60 bits per heavy atom. The number of benzene rings is 1. The van der Waals surface area contributed by atoms with E-state index in [0.717, 1.165) is 6.42 Å². The summed E-state index contributed by atoms with van der Waals surface area (Å²) >= 11 is 5.97. The molecule has 0 aromatic heterocycles. The lowest BCUT2D eigenvalue weighted by Gasteiger charge is -2.17. The van der Waals surface area contributed by atoms with Crippen molar-refractivity contribution in [3.05, 3.63) is 28.8 Å². The van der Waals surface area contributed by atoms with E-state index in [9.17, 15) is 0 Å². The van der Waals surface area contributed by atoms with E-state index in [2.05, 4.69) is 11.4 Å². The van der Waals surface area contributed by atoms with Crippen LogP contribution in [0.15, 0.2) is 18.2 Å². The van der Waals surface area contributed by atoms with Gasteiger partial charge in [0.1, 0.15) is 6.07 Å². The Morgan fingerprint density at radius 3 is 2.87 bits per heavy atom. The summed E-state index contributed by atoms with van der Waals surface area (Å²) in [5.74, 6) is 0. The second kappa shape index (κ2) is 5.59. The first kappa shape index (κ1) is 11.8. The molecule has 0 heterocycles. The molecular formula is C11H13ClN2O. The van der Waals surface area contributed by atoms with Gasteiger partial charge in [0.2, 0.25) is 0 Å². The lowest BCUT2D eigenvalue weighted by Crippen LogP contribution is -2.23. The van der Waals surface area contributed by atoms with Gasteiger partial charge in [-0.1, -0.05) is 24.6 Å². The third kappa shape index (κ3) is 2.85. The minimum atomic E-state index is -0.0722. The van der Waals surface area contributed by atoms with Gasteiger partial charge in [0.25, 0.3) is 0 Å². The first-order chi connectivity index (χ1) is 7.22. The van der Waals surface area contributed by atoms with Crippen molar-refractivity contribution in [2.24, 2.45) is 0 Å². The van der Waals surface area contributed by atoms with Gasteiger partial charge < -0.3 is 10.4 Å². The molecule has 1 aromatic carbocycles. The van der Waals surface area contributed by atoms with Crippen molar-refractivity contribution in [3.8, 4) is 6.07 Å². The molecule has 1 aromatic rings. The molecule has 4 heteroatoms. The van der Waals surface area contributed by atoms with Crippen molar-refractivity contribution in [2.75, 3.05) is 11.9 Å². The number of nitrogens with zero attached hydrogens (tertiary/aromatic N) is 1. The highest BCUT2D eigenvalue weighted by atomic mass is 35.5. The number of para-hydroxylation sites is 1. The second-order valence-electron chi connectivity index (χ2n) is 3.21. The third-order valence-electron chi connectivity index (χ3n) is 2.20. The van der Waals surface area contributed by atoms with E-state index in [1.807, 2.05) is 6.92 Å². The van der Waals surface area contributed by atoms with Crippen molar-refractivity contribution in [1.82, 2.24) is 0 Å². The molecule has 0 saturated carbocycles. The molecule has 2 N–H and O–H groups in total. The molecule has 80 valence electrons. The molecule has 0 amide bonds. The number of hydrogen-bond donors (Lipinski definition) is 2. The first-order valence-electron chi connectivity index (χ1n) is 4.79. The Balaban J connectivity index is 2.97. The van der Waals surface area contributed by atoms with E-state index in [0.29, 0.717) is 16.3 Å². The maximum absolute atomic E-state index is 9.05. The van der Waals surface area contributed by atoms with Crippen LogP contribution >= 0.6 is 11.6 Å². The van der Waals surface area contributed by atoms with Gasteiger partial charge in [-0.05, 0) is 18.6 Å². The van der Waals surface area contributed by atoms with Gasteiger partial charge in [-0.25, -0.2) is 0 Å². The highest BCUT2D eigenvalue weighted by Crippen LogP contribution is 2.26. The van der Waals surface area contributed by atoms with E-state index < -0.39 is 0 Å². The van der Waals surface area contributed by atoms with Crippen LogP contribution in [0.2, 0.25) is 5.02 Å². The zero-order chi connectivity index (χ0) is 11.3.